The van der Waals surface area contributed by atoms with Gasteiger partial charge >= 0.3 is 5.69 Å². The molecule has 5 nitrogen and oxygen atoms in total. The van der Waals surface area contributed by atoms with Crippen LogP contribution in [0.4, 0.5) is 0 Å². The molecule has 0 saturated carbocycles. The van der Waals surface area contributed by atoms with Gasteiger partial charge < -0.3 is 4.74 Å². The highest BCUT2D eigenvalue weighted by Crippen LogP contribution is 2.18. The Morgan fingerprint density at radius 1 is 1.41 bits per heavy atom. The third kappa shape index (κ3) is 1.76. The fraction of sp³-hybridized carbons (Fsp3) is 0.500. The predicted molar refractivity (Wildman–Crippen MR) is 63.3 cm³/mol. The van der Waals surface area contributed by atoms with E-state index in [1.54, 1.807) is 15.3 Å². The maximum absolute atomic E-state index is 12.2. The van der Waals surface area contributed by atoms with E-state index in [0.29, 0.717) is 13.2 Å². The molecule has 0 amide bonds. The van der Waals surface area contributed by atoms with E-state index < -0.39 is 0 Å². The Morgan fingerprint density at radius 3 is 2.94 bits per heavy atom. The smallest absolute Gasteiger partial charge is 0.350 e. The molecule has 1 aliphatic rings. The molecule has 0 aliphatic carbocycles. The highest BCUT2D eigenvalue weighted by Gasteiger charge is 2.20. The van der Waals surface area contributed by atoms with Gasteiger partial charge in [0.2, 0.25) is 0 Å². The minimum atomic E-state index is -0.0492. The van der Waals surface area contributed by atoms with Crippen molar-refractivity contribution in [1.82, 2.24) is 14.2 Å². The molecule has 90 valence electrons. The van der Waals surface area contributed by atoms with E-state index in [-0.39, 0.29) is 11.7 Å². The summed E-state index contributed by atoms with van der Waals surface area (Å²) in [5.41, 5.74) is 1.79. The molecule has 3 heterocycles. The Morgan fingerprint density at radius 2 is 2.18 bits per heavy atom. The van der Waals surface area contributed by atoms with Crippen LogP contribution in [0, 0.1) is 6.92 Å². The molecule has 0 aromatic carbocycles. The van der Waals surface area contributed by atoms with Crippen molar-refractivity contribution in [2.24, 2.45) is 0 Å². The second kappa shape index (κ2) is 4.00. The molecule has 0 bridgehead atoms. The van der Waals surface area contributed by atoms with Crippen LogP contribution >= 0.6 is 0 Å². The van der Waals surface area contributed by atoms with Crippen LogP contribution in [0.5, 0.6) is 0 Å². The molecule has 5 heteroatoms. The molecular formula is C12H15N3O2. The van der Waals surface area contributed by atoms with E-state index in [0.717, 1.165) is 24.1 Å². The zero-order chi connectivity index (χ0) is 11.8. The lowest BCUT2D eigenvalue weighted by Crippen LogP contribution is -2.29. The summed E-state index contributed by atoms with van der Waals surface area (Å²) in [6, 6.07) is 4.03. The van der Waals surface area contributed by atoms with Crippen molar-refractivity contribution >= 4 is 5.65 Å². The van der Waals surface area contributed by atoms with Gasteiger partial charge in [-0.15, -0.1) is 5.10 Å². The first-order valence-corrected chi connectivity index (χ1v) is 5.91. The summed E-state index contributed by atoms with van der Waals surface area (Å²) in [5, 5.41) is 4.41. The van der Waals surface area contributed by atoms with Gasteiger partial charge in [0.05, 0.1) is 6.04 Å². The molecular weight excluding hydrogens is 218 g/mol. The van der Waals surface area contributed by atoms with Crippen LogP contribution in [0.25, 0.3) is 5.65 Å². The molecule has 2 aromatic rings. The van der Waals surface area contributed by atoms with Crippen molar-refractivity contribution in [3.63, 3.8) is 0 Å². The largest absolute Gasteiger partial charge is 0.381 e. The number of pyridine rings is 1. The van der Waals surface area contributed by atoms with Gasteiger partial charge in [-0.2, -0.15) is 0 Å². The lowest BCUT2D eigenvalue weighted by atomic mass is 10.1. The van der Waals surface area contributed by atoms with Gasteiger partial charge in [-0.3, -0.25) is 4.40 Å². The second-order valence-corrected chi connectivity index (χ2v) is 4.50. The highest BCUT2D eigenvalue weighted by molar-refractivity contribution is 5.39. The SMILES string of the molecule is Cc1ccn2c(=O)n(C3CCOCC3)nc2c1. The highest BCUT2D eigenvalue weighted by atomic mass is 16.5. The number of fused-ring (bicyclic) bond motifs is 1. The van der Waals surface area contributed by atoms with Crippen molar-refractivity contribution < 1.29 is 4.74 Å². The monoisotopic (exact) mass is 233 g/mol. The van der Waals surface area contributed by atoms with Crippen LogP contribution in [0.15, 0.2) is 23.1 Å². The maximum Gasteiger partial charge on any atom is 0.350 e. The van der Waals surface area contributed by atoms with Crippen molar-refractivity contribution in [3.05, 3.63) is 34.4 Å². The average molecular weight is 233 g/mol. The van der Waals surface area contributed by atoms with Gasteiger partial charge in [0, 0.05) is 19.4 Å². The lowest BCUT2D eigenvalue weighted by molar-refractivity contribution is 0.0652. The standard InChI is InChI=1S/C12H15N3O2/c1-9-2-5-14-11(8-9)13-15(12(14)16)10-3-6-17-7-4-10/h2,5,8,10H,3-4,6-7H2,1H3. The number of ether oxygens (including phenoxy) is 1. The van der Waals surface area contributed by atoms with Crippen molar-refractivity contribution in [1.29, 1.82) is 0 Å². The molecule has 1 saturated heterocycles. The number of rotatable bonds is 1. The van der Waals surface area contributed by atoms with Crippen LogP contribution in [0.3, 0.4) is 0 Å². The van der Waals surface area contributed by atoms with Crippen molar-refractivity contribution in [2.45, 2.75) is 25.8 Å². The van der Waals surface area contributed by atoms with Crippen LogP contribution in [0.2, 0.25) is 0 Å². The molecule has 0 radical (unpaired) electrons. The van der Waals surface area contributed by atoms with E-state index >= 15 is 0 Å². The van der Waals surface area contributed by atoms with Gasteiger partial charge in [0.15, 0.2) is 5.65 Å². The fourth-order valence-electron chi connectivity index (χ4n) is 2.26. The third-order valence-electron chi connectivity index (χ3n) is 3.24. The molecule has 1 fully saturated rings. The number of hydrogen-bond donors (Lipinski definition) is 0. The summed E-state index contributed by atoms with van der Waals surface area (Å²) < 4.78 is 8.51. The summed E-state index contributed by atoms with van der Waals surface area (Å²) in [6.45, 7) is 3.42. The van der Waals surface area contributed by atoms with Gasteiger partial charge in [0.25, 0.3) is 0 Å². The second-order valence-electron chi connectivity index (χ2n) is 4.50. The molecule has 3 rings (SSSR count). The van der Waals surface area contributed by atoms with E-state index in [2.05, 4.69) is 5.10 Å². The molecule has 0 spiro atoms. The van der Waals surface area contributed by atoms with Crippen LogP contribution in [0.1, 0.15) is 24.4 Å². The Hall–Kier alpha value is -1.62. The van der Waals surface area contributed by atoms with E-state index in [1.165, 1.54) is 0 Å². The van der Waals surface area contributed by atoms with Crippen LogP contribution < -0.4 is 5.69 Å². The molecule has 2 aromatic heterocycles. The van der Waals surface area contributed by atoms with Gasteiger partial charge in [-0.1, -0.05) is 0 Å². The molecule has 1 aliphatic heterocycles. The minimum Gasteiger partial charge on any atom is -0.381 e. The van der Waals surface area contributed by atoms with Gasteiger partial charge in [-0.25, -0.2) is 9.48 Å². The number of nitrogens with zero attached hydrogens (tertiary/aromatic N) is 3. The summed E-state index contributed by atoms with van der Waals surface area (Å²) in [4.78, 5) is 12.2. The zero-order valence-corrected chi connectivity index (χ0v) is 9.80. The number of aryl methyl sites for hydroxylation is 1. The van der Waals surface area contributed by atoms with Crippen LogP contribution in [-0.4, -0.2) is 27.4 Å². The Bertz CT molecular complexity index is 593. The molecule has 0 unspecified atom stereocenters. The van der Waals surface area contributed by atoms with Crippen LogP contribution in [-0.2, 0) is 4.74 Å². The molecule has 17 heavy (non-hydrogen) atoms. The number of hydrogen-bond acceptors (Lipinski definition) is 3. The predicted octanol–water partition coefficient (Wildman–Crippen LogP) is 1.16. The van der Waals surface area contributed by atoms with E-state index in [1.807, 2.05) is 19.1 Å². The van der Waals surface area contributed by atoms with Crippen molar-refractivity contribution in [2.75, 3.05) is 13.2 Å². The first-order valence-electron chi connectivity index (χ1n) is 5.91. The quantitative estimate of drug-likeness (QED) is 0.742. The van der Waals surface area contributed by atoms with Crippen molar-refractivity contribution in [3.8, 4) is 0 Å². The summed E-state index contributed by atoms with van der Waals surface area (Å²) in [6.07, 6.45) is 3.52. The fourth-order valence-corrected chi connectivity index (χ4v) is 2.26. The molecule has 0 N–H and O–H groups in total. The Labute approximate surface area is 98.6 Å². The summed E-state index contributed by atoms with van der Waals surface area (Å²) in [5.74, 6) is 0. The third-order valence-corrected chi connectivity index (χ3v) is 3.24. The zero-order valence-electron chi connectivity index (χ0n) is 9.80. The van der Waals surface area contributed by atoms with Gasteiger partial charge in [0.1, 0.15) is 0 Å². The Kier molecular flexibility index (Phi) is 2.48. The summed E-state index contributed by atoms with van der Waals surface area (Å²) >= 11 is 0. The number of aromatic nitrogens is 3. The lowest BCUT2D eigenvalue weighted by Gasteiger charge is -2.20. The van der Waals surface area contributed by atoms with E-state index in [4.69, 9.17) is 4.74 Å². The minimum absolute atomic E-state index is 0.0492. The molecule has 0 atom stereocenters. The first-order chi connectivity index (χ1) is 8.25. The van der Waals surface area contributed by atoms with Gasteiger partial charge in [-0.05, 0) is 37.5 Å². The normalized spacial score (nSPS) is 17.7. The van der Waals surface area contributed by atoms with E-state index in [9.17, 15) is 4.79 Å². The summed E-state index contributed by atoms with van der Waals surface area (Å²) in [7, 11) is 0. The maximum atomic E-state index is 12.2. The topological polar surface area (TPSA) is 48.5 Å². The average Bonchev–Trinajstić information content (AvgIpc) is 2.67. The first kappa shape index (κ1) is 10.5. The Balaban J connectivity index is 2.10.